The number of ketones is 1. The van der Waals surface area contributed by atoms with E-state index in [-0.39, 0.29) is 17.0 Å². The number of carbonyl (C=O) groups excluding carboxylic acids is 2. The zero-order valence-electron chi connectivity index (χ0n) is 22.3. The van der Waals surface area contributed by atoms with Crippen molar-refractivity contribution in [1.29, 1.82) is 0 Å². The zero-order valence-corrected chi connectivity index (χ0v) is 22.3. The van der Waals surface area contributed by atoms with Gasteiger partial charge in [0.05, 0.1) is 5.54 Å². The van der Waals surface area contributed by atoms with Gasteiger partial charge in [-0.1, -0.05) is 13.8 Å². The Labute approximate surface area is 197 Å². The third-order valence-corrected chi connectivity index (χ3v) is 7.15. The number of likely N-dealkylation sites (tertiary alicyclic amines) is 1. The van der Waals surface area contributed by atoms with Crippen molar-refractivity contribution in [3.05, 3.63) is 0 Å². The molecule has 0 spiro atoms. The fourth-order valence-corrected chi connectivity index (χ4v) is 5.15. The molecule has 186 valence electrons. The second-order valence-electron chi connectivity index (χ2n) is 12.4. The fourth-order valence-electron chi connectivity index (χ4n) is 5.15. The van der Waals surface area contributed by atoms with Crippen molar-refractivity contribution >= 4 is 11.9 Å². The van der Waals surface area contributed by atoms with Crippen LogP contribution in [0.1, 0.15) is 88.0 Å². The standard InChI is InChI=1S/C26H49N3O3/c1-20(2)10-11-22(30)26(12-14-28(15-13-26)21(3)4)19-27-16-17-29(25(8,9)18-27)23(31)32-24(5,6)7/h20-21H,10-19H2,1-9H3. The van der Waals surface area contributed by atoms with Gasteiger partial charge in [-0.25, -0.2) is 4.79 Å². The maximum atomic E-state index is 13.5. The monoisotopic (exact) mass is 451 g/mol. The molecule has 0 N–H and O–H groups in total. The van der Waals surface area contributed by atoms with Crippen LogP contribution in [0, 0.1) is 11.3 Å². The molecule has 6 nitrogen and oxygen atoms in total. The second-order valence-corrected chi connectivity index (χ2v) is 12.4. The molecule has 0 aliphatic carbocycles. The molecule has 2 saturated heterocycles. The van der Waals surface area contributed by atoms with Gasteiger partial charge in [-0.15, -0.1) is 0 Å². The molecular formula is C26H49N3O3. The molecule has 6 heteroatoms. The van der Waals surface area contributed by atoms with E-state index in [1.54, 1.807) is 0 Å². The van der Waals surface area contributed by atoms with Crippen LogP contribution < -0.4 is 0 Å². The normalized spacial score (nSPS) is 22.4. The minimum absolute atomic E-state index is 0.241. The van der Waals surface area contributed by atoms with Crippen LogP contribution in [-0.4, -0.2) is 83.0 Å². The molecule has 2 rings (SSSR count). The summed E-state index contributed by atoms with van der Waals surface area (Å²) >= 11 is 0. The quantitative estimate of drug-likeness (QED) is 0.556. The molecule has 0 bridgehead atoms. The highest BCUT2D eigenvalue weighted by molar-refractivity contribution is 5.85. The summed E-state index contributed by atoms with van der Waals surface area (Å²) in [4.78, 5) is 33.1. The first-order valence-electron chi connectivity index (χ1n) is 12.7. The van der Waals surface area contributed by atoms with E-state index in [4.69, 9.17) is 4.74 Å². The Hall–Kier alpha value is -1.14. The molecule has 0 aromatic heterocycles. The molecule has 2 fully saturated rings. The Balaban J connectivity index is 2.11. The fraction of sp³-hybridized carbons (Fsp3) is 0.923. The number of amides is 1. The molecule has 2 aliphatic heterocycles. The lowest BCUT2D eigenvalue weighted by atomic mass is 9.72. The van der Waals surface area contributed by atoms with Crippen molar-refractivity contribution in [2.45, 2.75) is 105 Å². The van der Waals surface area contributed by atoms with Crippen LogP contribution in [-0.2, 0) is 9.53 Å². The maximum Gasteiger partial charge on any atom is 0.410 e. The number of piperazine rings is 1. The van der Waals surface area contributed by atoms with Crippen LogP contribution in [0.3, 0.4) is 0 Å². The molecule has 1 amide bonds. The molecule has 0 atom stereocenters. The molecule has 0 aromatic carbocycles. The van der Waals surface area contributed by atoms with E-state index in [1.165, 1.54) is 0 Å². The summed E-state index contributed by atoms with van der Waals surface area (Å²) in [5.74, 6) is 0.991. The van der Waals surface area contributed by atoms with Crippen LogP contribution in [0.5, 0.6) is 0 Å². The van der Waals surface area contributed by atoms with E-state index in [0.717, 1.165) is 52.0 Å². The van der Waals surface area contributed by atoms with E-state index in [1.807, 2.05) is 25.7 Å². The molecule has 0 radical (unpaired) electrons. The molecule has 0 saturated carbocycles. The summed E-state index contributed by atoms with van der Waals surface area (Å²) in [6, 6.07) is 0.523. The average molecular weight is 452 g/mol. The highest BCUT2D eigenvalue weighted by Crippen LogP contribution is 2.37. The molecule has 0 unspecified atom stereocenters. The molecule has 32 heavy (non-hydrogen) atoms. The number of piperidine rings is 1. The van der Waals surface area contributed by atoms with Gasteiger partial charge in [-0.05, 0) is 86.7 Å². The van der Waals surface area contributed by atoms with E-state index in [0.29, 0.717) is 30.7 Å². The van der Waals surface area contributed by atoms with E-state index < -0.39 is 5.60 Å². The van der Waals surface area contributed by atoms with Gasteiger partial charge in [0, 0.05) is 44.1 Å². The third kappa shape index (κ3) is 7.18. The Morgan fingerprint density at radius 1 is 0.969 bits per heavy atom. The predicted molar refractivity (Wildman–Crippen MR) is 131 cm³/mol. The lowest BCUT2D eigenvalue weighted by Crippen LogP contribution is -2.63. The van der Waals surface area contributed by atoms with Crippen LogP contribution in [0.2, 0.25) is 0 Å². The van der Waals surface area contributed by atoms with E-state index >= 15 is 0 Å². The lowest BCUT2D eigenvalue weighted by molar-refractivity contribution is -0.135. The molecule has 0 aromatic rings. The first-order valence-corrected chi connectivity index (χ1v) is 12.7. The summed E-state index contributed by atoms with van der Waals surface area (Å²) in [6.07, 6.45) is 3.28. The van der Waals surface area contributed by atoms with Gasteiger partial charge in [0.2, 0.25) is 0 Å². The minimum Gasteiger partial charge on any atom is -0.444 e. The number of hydrogen-bond acceptors (Lipinski definition) is 5. The summed E-state index contributed by atoms with van der Waals surface area (Å²) in [6.45, 7) is 23.8. The van der Waals surface area contributed by atoms with Gasteiger partial charge in [-0.3, -0.25) is 9.69 Å². The zero-order chi connectivity index (χ0) is 24.3. The summed E-state index contributed by atoms with van der Waals surface area (Å²) in [7, 11) is 0. The van der Waals surface area contributed by atoms with E-state index in [9.17, 15) is 9.59 Å². The first kappa shape index (κ1) is 27.1. The van der Waals surface area contributed by atoms with Gasteiger partial charge in [-0.2, -0.15) is 0 Å². The van der Waals surface area contributed by atoms with Gasteiger partial charge in [0.15, 0.2) is 0 Å². The number of nitrogens with zero attached hydrogens (tertiary/aromatic N) is 3. The summed E-state index contributed by atoms with van der Waals surface area (Å²) in [5.41, 5.74) is -1.09. The van der Waals surface area contributed by atoms with Crippen molar-refractivity contribution in [2.75, 3.05) is 39.3 Å². The average Bonchev–Trinajstić information content (AvgIpc) is 2.64. The number of carbonyl (C=O) groups is 2. The first-order chi connectivity index (χ1) is 14.7. The third-order valence-electron chi connectivity index (χ3n) is 7.15. The highest BCUT2D eigenvalue weighted by atomic mass is 16.6. The van der Waals surface area contributed by atoms with Crippen molar-refractivity contribution in [2.24, 2.45) is 11.3 Å². The summed E-state index contributed by atoms with van der Waals surface area (Å²) < 4.78 is 5.65. The summed E-state index contributed by atoms with van der Waals surface area (Å²) in [5, 5.41) is 0. The maximum absolute atomic E-state index is 13.5. The SMILES string of the molecule is CC(C)CCC(=O)C1(CN2CCN(C(=O)OC(C)(C)C)C(C)(C)C2)CCN(C(C)C)CC1. The molecule has 2 aliphatic rings. The van der Waals surface area contributed by atoms with Crippen molar-refractivity contribution in [1.82, 2.24) is 14.7 Å². The number of rotatable bonds is 7. The van der Waals surface area contributed by atoms with Gasteiger partial charge in [0.1, 0.15) is 11.4 Å². The Bertz CT molecular complexity index is 643. The second kappa shape index (κ2) is 10.4. The predicted octanol–water partition coefficient (Wildman–Crippen LogP) is 4.81. The topological polar surface area (TPSA) is 53.1 Å². The van der Waals surface area contributed by atoms with E-state index in [2.05, 4.69) is 51.3 Å². The lowest BCUT2D eigenvalue weighted by Gasteiger charge is -2.50. The van der Waals surface area contributed by atoms with Gasteiger partial charge < -0.3 is 14.5 Å². The van der Waals surface area contributed by atoms with Gasteiger partial charge >= 0.3 is 6.09 Å². The van der Waals surface area contributed by atoms with Crippen LogP contribution in [0.25, 0.3) is 0 Å². The Kier molecular flexibility index (Phi) is 8.82. The van der Waals surface area contributed by atoms with Crippen molar-refractivity contribution < 1.29 is 14.3 Å². The van der Waals surface area contributed by atoms with Crippen LogP contribution in [0.15, 0.2) is 0 Å². The molecular weight excluding hydrogens is 402 g/mol. The van der Waals surface area contributed by atoms with Crippen LogP contribution in [0.4, 0.5) is 4.79 Å². The Morgan fingerprint density at radius 3 is 2.03 bits per heavy atom. The molecule has 2 heterocycles. The Morgan fingerprint density at radius 2 is 1.56 bits per heavy atom. The highest BCUT2D eigenvalue weighted by Gasteiger charge is 2.45. The smallest absolute Gasteiger partial charge is 0.410 e. The minimum atomic E-state index is -0.498. The number of hydrogen-bond donors (Lipinski definition) is 0. The number of ether oxygens (including phenoxy) is 1. The van der Waals surface area contributed by atoms with Crippen molar-refractivity contribution in [3.63, 3.8) is 0 Å². The largest absolute Gasteiger partial charge is 0.444 e. The van der Waals surface area contributed by atoms with Crippen LogP contribution >= 0.6 is 0 Å². The van der Waals surface area contributed by atoms with Crippen molar-refractivity contribution in [3.8, 4) is 0 Å². The van der Waals surface area contributed by atoms with Gasteiger partial charge in [0.25, 0.3) is 0 Å². The number of Topliss-reactive ketones (excluding diaryl/α,β-unsaturated/α-hetero) is 1.